The van der Waals surface area contributed by atoms with Gasteiger partial charge in [0.2, 0.25) is 11.9 Å². The van der Waals surface area contributed by atoms with Crippen LogP contribution in [0.25, 0.3) is 22.2 Å². The van der Waals surface area contributed by atoms with Gasteiger partial charge in [-0.25, -0.2) is 9.99 Å². The minimum atomic E-state index is -4.98. The lowest BCUT2D eigenvalue weighted by molar-refractivity contribution is -0.143. The van der Waals surface area contributed by atoms with Crippen LogP contribution in [0, 0.1) is 4.91 Å². The van der Waals surface area contributed by atoms with Crippen molar-refractivity contribution in [1.29, 1.82) is 0 Å². The number of nitrogens with zero attached hydrogens (tertiary/aromatic N) is 6. The number of amides is 1. The third-order valence-corrected chi connectivity index (χ3v) is 11.5. The average Bonchev–Trinajstić information content (AvgIpc) is 3.76. The Hall–Kier alpha value is -6.20. The molecule has 16 nitrogen and oxygen atoms in total. The van der Waals surface area contributed by atoms with Crippen LogP contribution in [0.3, 0.4) is 0 Å². The molecule has 372 valence electrons. The second-order valence-corrected chi connectivity index (χ2v) is 16.3. The molecule has 5 aromatic rings. The summed E-state index contributed by atoms with van der Waals surface area (Å²) in [4.78, 5) is 50.8. The van der Waals surface area contributed by atoms with Gasteiger partial charge in [0.1, 0.15) is 18.0 Å². The highest BCUT2D eigenvalue weighted by Crippen LogP contribution is 2.38. The van der Waals surface area contributed by atoms with E-state index in [0.717, 1.165) is 74.2 Å². The number of carbonyl (C=O) groups excluding carboxylic acids is 2. The molecule has 1 aliphatic rings. The van der Waals surface area contributed by atoms with E-state index < -0.39 is 35.2 Å². The molecule has 1 unspecified atom stereocenters. The van der Waals surface area contributed by atoms with Crippen molar-refractivity contribution in [3.8, 4) is 11.1 Å². The number of aryl methyl sites for hydroxylation is 1. The van der Waals surface area contributed by atoms with Crippen LogP contribution in [-0.4, -0.2) is 129 Å². The van der Waals surface area contributed by atoms with Crippen molar-refractivity contribution in [2.75, 3.05) is 102 Å². The largest absolute Gasteiger partial charge is 0.416 e. The highest BCUT2D eigenvalue weighted by Gasteiger charge is 2.37. The lowest BCUT2D eigenvalue weighted by atomic mass is 10.0. The molecule has 6 rings (SSSR count). The molecule has 1 fully saturated rings. The zero-order valence-electron chi connectivity index (χ0n) is 38.3. The number of benzene rings is 3. The molecule has 1 aliphatic heterocycles. The van der Waals surface area contributed by atoms with Crippen molar-refractivity contribution in [2.45, 2.75) is 50.6 Å². The minimum absolute atomic E-state index is 0.0631. The van der Waals surface area contributed by atoms with Crippen LogP contribution in [0.2, 0.25) is 0 Å². The molecule has 0 saturated carbocycles. The van der Waals surface area contributed by atoms with E-state index >= 15 is 0 Å². The Morgan fingerprint density at radius 1 is 0.870 bits per heavy atom. The van der Waals surface area contributed by atoms with E-state index in [-0.39, 0.29) is 24.3 Å². The smallest absolute Gasteiger partial charge is 0.379 e. The lowest BCUT2D eigenvalue weighted by Crippen LogP contribution is -2.46. The van der Waals surface area contributed by atoms with Gasteiger partial charge in [0.25, 0.3) is 0 Å². The Kier molecular flexibility index (Phi) is 18.8. The molecule has 1 amide bonds. The van der Waals surface area contributed by atoms with Crippen molar-refractivity contribution >= 4 is 46.2 Å². The van der Waals surface area contributed by atoms with E-state index in [1.165, 1.54) is 25.3 Å². The predicted molar refractivity (Wildman–Crippen MR) is 249 cm³/mol. The fourth-order valence-electron chi connectivity index (χ4n) is 7.73. The molecule has 0 bridgehead atoms. The maximum absolute atomic E-state index is 13.3. The van der Waals surface area contributed by atoms with Crippen LogP contribution >= 0.6 is 0 Å². The highest BCUT2D eigenvalue weighted by molar-refractivity contribution is 5.93. The van der Waals surface area contributed by atoms with Crippen LogP contribution < -0.4 is 21.0 Å². The van der Waals surface area contributed by atoms with E-state index in [0.29, 0.717) is 87.0 Å². The van der Waals surface area contributed by atoms with Crippen molar-refractivity contribution in [2.24, 2.45) is 5.29 Å². The second-order valence-electron chi connectivity index (χ2n) is 16.3. The molecule has 22 heteroatoms. The van der Waals surface area contributed by atoms with Gasteiger partial charge in [-0.2, -0.15) is 31.3 Å². The van der Waals surface area contributed by atoms with Crippen LogP contribution in [0.4, 0.5) is 49.4 Å². The molecule has 0 aliphatic carbocycles. The molecular formula is C47H56F6N10O6. The summed E-state index contributed by atoms with van der Waals surface area (Å²) >= 11 is 0. The summed E-state index contributed by atoms with van der Waals surface area (Å²) in [6.45, 7) is 8.21. The molecule has 4 N–H and O–H groups in total. The summed E-state index contributed by atoms with van der Waals surface area (Å²) in [6, 6.07) is 14.2. The van der Waals surface area contributed by atoms with Crippen LogP contribution in [0.15, 0.2) is 78.3 Å². The Morgan fingerprint density at radius 2 is 1.51 bits per heavy atom. The van der Waals surface area contributed by atoms with Gasteiger partial charge in [0.05, 0.1) is 60.8 Å². The first-order chi connectivity index (χ1) is 33.1. The molecule has 0 spiro atoms. The van der Waals surface area contributed by atoms with Gasteiger partial charge in [-0.05, 0) is 66.3 Å². The number of rotatable bonds is 26. The van der Waals surface area contributed by atoms with Crippen molar-refractivity contribution in [3.63, 3.8) is 0 Å². The van der Waals surface area contributed by atoms with Crippen LogP contribution in [0.5, 0.6) is 0 Å². The number of piperazine rings is 1. The first kappa shape index (κ1) is 52.2. The standard InChI is InChI=1S/C47H56F6N10O6/c1-54-44(65)41(6-3-18-64)58-40-12-9-32(25-42(40)61(2)60-66)5-4-19-67-21-23-69-24-22-68-20-17-62-13-15-63(16-14-62)31-33-7-10-34(11-8-33)38-29-55-43-39(38)30-56-45(59-43)57-37-27-35(46(48,49)50)26-36(28-37)47(51,52)53/h7-12,18,25-30,41,58H,3-6,13-17,19-24,31H2,1-2H3,(H,54,65)(H2,55,56,57,59). The van der Waals surface area contributed by atoms with E-state index in [1.807, 2.05) is 36.4 Å². The molecule has 69 heavy (non-hydrogen) atoms. The first-order valence-electron chi connectivity index (χ1n) is 22.4. The number of halogens is 6. The molecule has 3 aromatic carbocycles. The number of H-pyrrole nitrogens is 1. The van der Waals surface area contributed by atoms with Gasteiger partial charge in [-0.15, -0.1) is 4.91 Å². The number of ether oxygens (including phenoxy) is 3. The Bertz CT molecular complexity index is 2420. The summed E-state index contributed by atoms with van der Waals surface area (Å²) in [6.07, 6.45) is -4.05. The molecule has 1 atom stereocenters. The number of hydrogen-bond donors (Lipinski definition) is 4. The Labute approximate surface area is 395 Å². The SMILES string of the molecule is CNC(=O)C(CCC=O)Nc1ccc(CCCOCCOCCOCCN2CCN(Cc3ccc(-c4c[nH]c5nc(Nc6cc(C(F)(F)F)cc(C(F)(F)F)c6)ncc45)cc3)CC2)cc1N(C)N=O. The van der Waals surface area contributed by atoms with Crippen molar-refractivity contribution < 1.29 is 50.1 Å². The zero-order chi connectivity index (χ0) is 49.4. The minimum Gasteiger partial charge on any atom is -0.379 e. The number of anilines is 4. The molecule has 2 aromatic heterocycles. The van der Waals surface area contributed by atoms with Gasteiger partial charge >= 0.3 is 12.4 Å². The molecular weight excluding hydrogens is 915 g/mol. The van der Waals surface area contributed by atoms with Crippen molar-refractivity contribution in [1.82, 2.24) is 30.1 Å². The average molecular weight is 971 g/mol. The number of alkyl halides is 6. The number of carbonyl (C=O) groups is 2. The molecule has 3 heterocycles. The fourth-order valence-corrected chi connectivity index (χ4v) is 7.73. The summed E-state index contributed by atoms with van der Waals surface area (Å²) in [5, 5.41) is 13.1. The number of nitroso groups, excluding NO2 is 1. The maximum Gasteiger partial charge on any atom is 0.416 e. The van der Waals surface area contributed by atoms with E-state index in [2.05, 4.69) is 46.0 Å². The molecule has 1 saturated heterocycles. The second kappa shape index (κ2) is 24.9. The third-order valence-electron chi connectivity index (χ3n) is 11.5. The maximum atomic E-state index is 13.3. The van der Waals surface area contributed by atoms with Gasteiger partial charge < -0.3 is 39.9 Å². The number of aromatic amines is 1. The summed E-state index contributed by atoms with van der Waals surface area (Å²) in [5.41, 5.74) is 1.89. The number of hydrogen-bond acceptors (Lipinski definition) is 13. The normalized spacial score (nSPS) is 14.1. The third kappa shape index (κ3) is 15.4. The monoisotopic (exact) mass is 970 g/mol. The zero-order valence-corrected chi connectivity index (χ0v) is 38.3. The fraction of sp³-hybridized carbons (Fsp3) is 0.447. The highest BCUT2D eigenvalue weighted by atomic mass is 19.4. The summed E-state index contributed by atoms with van der Waals surface area (Å²) < 4.78 is 97.3. The lowest BCUT2D eigenvalue weighted by Gasteiger charge is -2.34. The van der Waals surface area contributed by atoms with Crippen LogP contribution in [0.1, 0.15) is 41.5 Å². The molecule has 0 radical (unpaired) electrons. The topological polar surface area (TPSA) is 179 Å². The first-order valence-corrected chi connectivity index (χ1v) is 22.4. The van der Waals surface area contributed by atoms with E-state index in [1.54, 1.807) is 12.3 Å². The van der Waals surface area contributed by atoms with E-state index in [9.17, 15) is 40.8 Å². The summed E-state index contributed by atoms with van der Waals surface area (Å²) in [5.74, 6) is -0.430. The van der Waals surface area contributed by atoms with Crippen molar-refractivity contribution in [3.05, 3.63) is 100 Å². The van der Waals surface area contributed by atoms with Gasteiger partial charge in [0, 0.05) is 95.4 Å². The Morgan fingerprint density at radius 3 is 2.14 bits per heavy atom. The van der Waals surface area contributed by atoms with Gasteiger partial charge in [-0.1, -0.05) is 30.3 Å². The number of fused-ring (bicyclic) bond motifs is 1. The Balaban J connectivity index is 0.828. The quantitative estimate of drug-likeness (QED) is 0.0139. The van der Waals surface area contributed by atoms with Crippen LogP contribution in [-0.2, 0) is 49.1 Å². The number of aldehydes is 1. The van der Waals surface area contributed by atoms with Gasteiger partial charge in [0.15, 0.2) is 0 Å². The number of likely N-dealkylation sites (N-methyl/N-ethyl adjacent to an activating group) is 1. The number of aromatic nitrogens is 3. The van der Waals surface area contributed by atoms with Gasteiger partial charge in [-0.3, -0.25) is 14.6 Å². The summed E-state index contributed by atoms with van der Waals surface area (Å²) in [7, 11) is 3.05. The number of nitrogens with one attached hydrogen (secondary N) is 4. The van der Waals surface area contributed by atoms with E-state index in [4.69, 9.17) is 14.2 Å². The predicted octanol–water partition coefficient (Wildman–Crippen LogP) is 7.83.